The number of hydrogen-bond donors (Lipinski definition) is 1. The van der Waals surface area contributed by atoms with E-state index in [2.05, 4.69) is 4.98 Å². The number of aliphatic hydroxyl groups excluding tert-OH is 1. The molecule has 16 heavy (non-hydrogen) atoms. The van der Waals surface area contributed by atoms with Crippen LogP contribution in [0.1, 0.15) is 19.4 Å². The molecule has 4 heteroatoms. The van der Waals surface area contributed by atoms with Crippen LogP contribution in [0.3, 0.4) is 0 Å². The Morgan fingerprint density at radius 2 is 2.00 bits per heavy atom. The molecule has 1 N–H and O–H groups in total. The van der Waals surface area contributed by atoms with Crippen LogP contribution in [0.4, 0.5) is 0 Å². The van der Waals surface area contributed by atoms with Gasteiger partial charge < -0.3 is 14.6 Å². The third-order valence-electron chi connectivity index (χ3n) is 2.45. The van der Waals surface area contributed by atoms with E-state index in [1.54, 1.807) is 20.4 Å². The van der Waals surface area contributed by atoms with Gasteiger partial charge in [0.1, 0.15) is 5.75 Å². The van der Waals surface area contributed by atoms with E-state index < -0.39 is 0 Å². The summed E-state index contributed by atoms with van der Waals surface area (Å²) >= 11 is 0. The zero-order valence-corrected chi connectivity index (χ0v) is 10.3. The lowest BCUT2D eigenvalue weighted by molar-refractivity contribution is 0.158. The van der Waals surface area contributed by atoms with Crippen molar-refractivity contribution in [1.29, 1.82) is 0 Å². The highest BCUT2D eigenvalue weighted by atomic mass is 16.5. The molecule has 1 heterocycles. The summed E-state index contributed by atoms with van der Waals surface area (Å²) in [4.78, 5) is 4.07. The fourth-order valence-electron chi connectivity index (χ4n) is 1.47. The topological polar surface area (TPSA) is 51.6 Å². The molecular weight excluding hydrogens is 206 g/mol. The Labute approximate surface area is 96.2 Å². The molecule has 0 aliphatic carbocycles. The van der Waals surface area contributed by atoms with Gasteiger partial charge in [0, 0.05) is 18.2 Å². The maximum atomic E-state index is 9.26. The Balaban J connectivity index is 3.00. The Bertz CT molecular complexity index is 350. The van der Waals surface area contributed by atoms with Gasteiger partial charge in [-0.3, -0.25) is 0 Å². The lowest BCUT2D eigenvalue weighted by Gasteiger charge is -2.22. The van der Waals surface area contributed by atoms with Crippen LogP contribution in [0.2, 0.25) is 0 Å². The zero-order valence-electron chi connectivity index (χ0n) is 10.3. The second-order valence-electron chi connectivity index (χ2n) is 4.54. The van der Waals surface area contributed by atoms with Crippen LogP contribution in [0.5, 0.6) is 11.6 Å². The van der Waals surface area contributed by atoms with Gasteiger partial charge in [-0.05, 0) is 11.8 Å². The van der Waals surface area contributed by atoms with Crippen LogP contribution in [-0.2, 0) is 6.42 Å². The summed E-state index contributed by atoms with van der Waals surface area (Å²) < 4.78 is 10.3. The molecule has 0 fully saturated rings. The molecule has 0 aliphatic rings. The van der Waals surface area contributed by atoms with E-state index in [0.717, 1.165) is 11.3 Å². The van der Waals surface area contributed by atoms with Crippen LogP contribution < -0.4 is 9.47 Å². The molecule has 0 saturated heterocycles. The molecule has 0 spiro atoms. The molecule has 0 aliphatic heterocycles. The Hall–Kier alpha value is -1.29. The number of rotatable bonds is 5. The fourth-order valence-corrected chi connectivity index (χ4v) is 1.47. The minimum absolute atomic E-state index is 0.126. The van der Waals surface area contributed by atoms with Gasteiger partial charge in [0.25, 0.3) is 0 Å². The smallest absolute Gasteiger partial charge is 0.213 e. The monoisotopic (exact) mass is 225 g/mol. The summed E-state index contributed by atoms with van der Waals surface area (Å²) in [5.41, 5.74) is 0.813. The van der Waals surface area contributed by atoms with Gasteiger partial charge in [0.2, 0.25) is 5.88 Å². The van der Waals surface area contributed by atoms with Crippen molar-refractivity contribution in [1.82, 2.24) is 4.98 Å². The normalized spacial score (nSPS) is 11.3. The maximum absolute atomic E-state index is 9.26. The largest absolute Gasteiger partial charge is 0.495 e. The highest BCUT2D eigenvalue weighted by molar-refractivity contribution is 5.35. The zero-order chi connectivity index (χ0) is 12.2. The molecule has 4 nitrogen and oxygen atoms in total. The number of aromatic nitrogens is 1. The maximum Gasteiger partial charge on any atom is 0.213 e. The minimum Gasteiger partial charge on any atom is -0.495 e. The molecule has 0 bridgehead atoms. The number of aliphatic hydroxyl groups is 1. The van der Waals surface area contributed by atoms with Gasteiger partial charge in [-0.25, -0.2) is 4.98 Å². The average molecular weight is 225 g/mol. The van der Waals surface area contributed by atoms with E-state index in [4.69, 9.17) is 9.47 Å². The lowest BCUT2D eigenvalue weighted by atomic mass is 9.87. The van der Waals surface area contributed by atoms with Gasteiger partial charge in [-0.2, -0.15) is 0 Å². The molecule has 1 aromatic rings. The van der Waals surface area contributed by atoms with Crippen LogP contribution in [0.25, 0.3) is 0 Å². The second kappa shape index (κ2) is 5.16. The second-order valence-corrected chi connectivity index (χ2v) is 4.54. The minimum atomic E-state index is -0.181. The molecule has 0 amide bonds. The predicted octanol–water partition coefficient (Wildman–Crippen LogP) is 1.66. The van der Waals surface area contributed by atoms with E-state index >= 15 is 0 Å². The molecular formula is C12H19NO3. The number of hydrogen-bond acceptors (Lipinski definition) is 4. The van der Waals surface area contributed by atoms with E-state index in [-0.39, 0.29) is 12.0 Å². The summed E-state index contributed by atoms with van der Waals surface area (Å²) in [5, 5.41) is 9.26. The quantitative estimate of drug-likeness (QED) is 0.828. The molecule has 0 atom stereocenters. The first-order valence-corrected chi connectivity index (χ1v) is 5.20. The summed E-state index contributed by atoms with van der Waals surface area (Å²) in [7, 11) is 3.19. The average Bonchev–Trinajstić information content (AvgIpc) is 2.28. The van der Waals surface area contributed by atoms with Crippen molar-refractivity contribution in [3.8, 4) is 11.6 Å². The van der Waals surface area contributed by atoms with Crippen LogP contribution in [0, 0.1) is 5.41 Å². The van der Waals surface area contributed by atoms with Crippen molar-refractivity contribution in [3.63, 3.8) is 0 Å². The Morgan fingerprint density at radius 1 is 1.31 bits per heavy atom. The van der Waals surface area contributed by atoms with E-state index in [9.17, 15) is 5.11 Å². The van der Waals surface area contributed by atoms with Gasteiger partial charge in [0.05, 0.1) is 20.4 Å². The first-order chi connectivity index (χ1) is 7.52. The highest BCUT2D eigenvalue weighted by Gasteiger charge is 2.20. The number of nitrogens with zero attached hydrogens (tertiary/aromatic N) is 1. The van der Waals surface area contributed by atoms with Gasteiger partial charge in [-0.1, -0.05) is 13.8 Å². The predicted molar refractivity (Wildman–Crippen MR) is 61.9 cm³/mol. The summed E-state index contributed by atoms with van der Waals surface area (Å²) in [5.74, 6) is 1.28. The first kappa shape index (κ1) is 12.8. The SMILES string of the molecule is COc1cc(CC(C)(C)CO)c(OC)cn1. The van der Waals surface area contributed by atoms with Crippen molar-refractivity contribution >= 4 is 0 Å². The third kappa shape index (κ3) is 3.10. The molecule has 0 aromatic carbocycles. The Kier molecular flexibility index (Phi) is 4.12. The van der Waals surface area contributed by atoms with Crippen LogP contribution >= 0.6 is 0 Å². The van der Waals surface area contributed by atoms with Crippen molar-refractivity contribution < 1.29 is 14.6 Å². The Morgan fingerprint density at radius 3 is 2.50 bits per heavy atom. The molecule has 0 saturated carbocycles. The van der Waals surface area contributed by atoms with Crippen molar-refractivity contribution in [3.05, 3.63) is 17.8 Å². The van der Waals surface area contributed by atoms with Gasteiger partial charge >= 0.3 is 0 Å². The van der Waals surface area contributed by atoms with Gasteiger partial charge in [0.15, 0.2) is 0 Å². The third-order valence-corrected chi connectivity index (χ3v) is 2.45. The summed E-state index contributed by atoms with van der Waals surface area (Å²) in [6.07, 6.45) is 2.35. The van der Waals surface area contributed by atoms with Gasteiger partial charge in [-0.15, -0.1) is 0 Å². The molecule has 90 valence electrons. The highest BCUT2D eigenvalue weighted by Crippen LogP contribution is 2.28. The van der Waals surface area contributed by atoms with E-state index in [0.29, 0.717) is 12.3 Å². The fraction of sp³-hybridized carbons (Fsp3) is 0.583. The van der Waals surface area contributed by atoms with Crippen molar-refractivity contribution in [2.45, 2.75) is 20.3 Å². The molecule has 1 aromatic heterocycles. The van der Waals surface area contributed by atoms with Crippen molar-refractivity contribution in [2.24, 2.45) is 5.41 Å². The molecule has 0 unspecified atom stereocenters. The van der Waals surface area contributed by atoms with Crippen LogP contribution in [0.15, 0.2) is 12.3 Å². The lowest BCUT2D eigenvalue weighted by Crippen LogP contribution is -2.20. The first-order valence-electron chi connectivity index (χ1n) is 5.20. The summed E-state index contributed by atoms with van der Waals surface area (Å²) in [6.45, 7) is 4.12. The number of methoxy groups -OCH3 is 2. The van der Waals surface area contributed by atoms with E-state index in [1.807, 2.05) is 19.9 Å². The van der Waals surface area contributed by atoms with Crippen LogP contribution in [-0.4, -0.2) is 30.9 Å². The number of pyridine rings is 1. The molecule has 1 rings (SSSR count). The summed E-state index contributed by atoms with van der Waals surface area (Å²) in [6, 6.07) is 1.84. The number of ether oxygens (including phenoxy) is 2. The molecule has 0 radical (unpaired) electrons. The standard InChI is InChI=1S/C12H19NO3/c1-12(2,8-14)6-9-5-11(16-4)13-7-10(9)15-3/h5,7,14H,6,8H2,1-4H3. The van der Waals surface area contributed by atoms with E-state index in [1.165, 1.54) is 0 Å². The van der Waals surface area contributed by atoms with Crippen molar-refractivity contribution in [2.75, 3.05) is 20.8 Å².